The first kappa shape index (κ1) is 14.8. The van der Waals surface area contributed by atoms with E-state index in [0.29, 0.717) is 30.6 Å². The van der Waals surface area contributed by atoms with Crippen LogP contribution >= 0.6 is 0 Å². The monoisotopic (exact) mass is 300 g/mol. The van der Waals surface area contributed by atoms with Crippen molar-refractivity contribution in [2.24, 2.45) is 5.41 Å². The van der Waals surface area contributed by atoms with Crippen molar-refractivity contribution in [3.8, 4) is 0 Å². The molecular weight excluding hydrogens is 272 g/mol. The molecule has 1 saturated heterocycles. The summed E-state index contributed by atoms with van der Waals surface area (Å²) in [5.74, 6) is 0. The van der Waals surface area contributed by atoms with Crippen LogP contribution < -0.4 is 5.32 Å². The standard InChI is InChI=1S/C15H28N2O2S/c1-20(18,19)17-11-6-13(7-12-17)16-14-5-10-15(14)8-3-2-4-9-15/h13-14,16H,2-12H2,1H3. The van der Waals surface area contributed by atoms with Crippen LogP contribution in [0.25, 0.3) is 0 Å². The van der Waals surface area contributed by atoms with E-state index in [-0.39, 0.29) is 0 Å². The van der Waals surface area contributed by atoms with E-state index >= 15 is 0 Å². The molecule has 3 fully saturated rings. The summed E-state index contributed by atoms with van der Waals surface area (Å²) in [4.78, 5) is 0. The molecule has 1 N–H and O–H groups in total. The summed E-state index contributed by atoms with van der Waals surface area (Å²) in [5, 5.41) is 3.87. The molecule has 5 heteroatoms. The molecule has 1 heterocycles. The van der Waals surface area contributed by atoms with E-state index in [9.17, 15) is 8.42 Å². The second-order valence-corrected chi connectivity index (χ2v) is 9.10. The van der Waals surface area contributed by atoms with E-state index in [1.807, 2.05) is 0 Å². The highest BCUT2D eigenvalue weighted by atomic mass is 32.2. The number of hydrogen-bond acceptors (Lipinski definition) is 3. The van der Waals surface area contributed by atoms with E-state index < -0.39 is 10.0 Å². The summed E-state index contributed by atoms with van der Waals surface area (Å²) in [7, 11) is -2.99. The number of sulfonamides is 1. The van der Waals surface area contributed by atoms with Crippen LogP contribution in [0.5, 0.6) is 0 Å². The lowest BCUT2D eigenvalue weighted by atomic mass is 9.57. The number of nitrogens with one attached hydrogen (secondary N) is 1. The number of rotatable bonds is 3. The zero-order chi connectivity index (χ0) is 14.2. The Balaban J connectivity index is 1.50. The van der Waals surface area contributed by atoms with E-state index in [1.165, 1.54) is 51.2 Å². The molecule has 2 saturated carbocycles. The normalized spacial score (nSPS) is 32.1. The van der Waals surface area contributed by atoms with Crippen LogP contribution in [0.3, 0.4) is 0 Å². The van der Waals surface area contributed by atoms with Gasteiger partial charge in [0.2, 0.25) is 10.0 Å². The van der Waals surface area contributed by atoms with E-state index in [1.54, 1.807) is 4.31 Å². The third-order valence-corrected chi connectivity index (χ3v) is 7.18. The van der Waals surface area contributed by atoms with Crippen molar-refractivity contribution in [2.75, 3.05) is 19.3 Å². The zero-order valence-corrected chi connectivity index (χ0v) is 13.4. The molecule has 1 atom stereocenters. The molecule has 3 aliphatic rings. The van der Waals surface area contributed by atoms with Gasteiger partial charge in [-0.2, -0.15) is 0 Å². The van der Waals surface area contributed by atoms with Crippen molar-refractivity contribution < 1.29 is 8.42 Å². The molecule has 116 valence electrons. The Labute approximate surface area is 123 Å². The van der Waals surface area contributed by atoms with Crippen molar-refractivity contribution >= 4 is 10.0 Å². The zero-order valence-electron chi connectivity index (χ0n) is 12.6. The van der Waals surface area contributed by atoms with E-state index in [4.69, 9.17) is 0 Å². The van der Waals surface area contributed by atoms with E-state index in [2.05, 4.69) is 5.32 Å². The highest BCUT2D eigenvalue weighted by Crippen LogP contribution is 2.51. The van der Waals surface area contributed by atoms with Gasteiger partial charge in [-0.15, -0.1) is 0 Å². The fraction of sp³-hybridized carbons (Fsp3) is 1.00. The molecule has 1 aliphatic heterocycles. The molecule has 0 bridgehead atoms. The fourth-order valence-electron chi connectivity index (χ4n) is 4.45. The molecule has 0 aromatic carbocycles. The molecule has 1 spiro atoms. The quantitative estimate of drug-likeness (QED) is 0.868. The van der Waals surface area contributed by atoms with Crippen LogP contribution in [0, 0.1) is 5.41 Å². The predicted molar refractivity (Wildman–Crippen MR) is 81.1 cm³/mol. The van der Waals surface area contributed by atoms with Gasteiger partial charge in [-0.1, -0.05) is 19.3 Å². The number of piperidine rings is 1. The first-order valence-corrected chi connectivity index (χ1v) is 10.1. The van der Waals surface area contributed by atoms with Crippen LogP contribution in [0.1, 0.15) is 57.8 Å². The van der Waals surface area contributed by atoms with Gasteiger partial charge in [-0.05, 0) is 43.9 Å². The lowest BCUT2D eigenvalue weighted by Gasteiger charge is -2.54. The van der Waals surface area contributed by atoms with Crippen LogP contribution in [-0.2, 0) is 10.0 Å². The van der Waals surface area contributed by atoms with Crippen molar-refractivity contribution in [1.82, 2.24) is 9.62 Å². The average Bonchev–Trinajstić information content (AvgIpc) is 2.44. The topological polar surface area (TPSA) is 49.4 Å². The minimum atomic E-state index is -2.99. The summed E-state index contributed by atoms with van der Waals surface area (Å²) < 4.78 is 24.7. The summed E-state index contributed by atoms with van der Waals surface area (Å²) in [6.45, 7) is 1.38. The van der Waals surface area contributed by atoms with Gasteiger partial charge in [-0.25, -0.2) is 12.7 Å². The van der Waals surface area contributed by atoms with Gasteiger partial charge in [0.1, 0.15) is 0 Å². The lowest BCUT2D eigenvalue weighted by Crippen LogP contribution is -2.58. The van der Waals surface area contributed by atoms with E-state index in [0.717, 1.165) is 12.8 Å². The maximum absolute atomic E-state index is 11.5. The highest BCUT2D eigenvalue weighted by Gasteiger charge is 2.47. The van der Waals surface area contributed by atoms with Gasteiger partial charge in [0.15, 0.2) is 0 Å². The molecule has 0 amide bonds. The highest BCUT2D eigenvalue weighted by molar-refractivity contribution is 7.88. The van der Waals surface area contributed by atoms with Crippen LogP contribution in [0.2, 0.25) is 0 Å². The maximum Gasteiger partial charge on any atom is 0.211 e. The van der Waals surface area contributed by atoms with Crippen LogP contribution in [0.15, 0.2) is 0 Å². The first-order chi connectivity index (χ1) is 9.50. The fourth-order valence-corrected chi connectivity index (χ4v) is 5.32. The van der Waals surface area contributed by atoms with Crippen LogP contribution in [-0.4, -0.2) is 44.2 Å². The molecule has 0 radical (unpaired) electrons. The summed E-state index contributed by atoms with van der Waals surface area (Å²) in [6.07, 6.45) is 13.1. The second kappa shape index (κ2) is 5.58. The molecule has 0 aromatic rings. The van der Waals surface area contributed by atoms with Crippen molar-refractivity contribution in [1.29, 1.82) is 0 Å². The molecule has 3 rings (SSSR count). The Morgan fingerprint density at radius 1 is 1.00 bits per heavy atom. The summed E-state index contributed by atoms with van der Waals surface area (Å²) in [6, 6.07) is 1.23. The predicted octanol–water partition coefficient (Wildman–Crippen LogP) is 2.11. The van der Waals surface area contributed by atoms with Gasteiger partial charge in [0.05, 0.1) is 6.26 Å². The van der Waals surface area contributed by atoms with Gasteiger partial charge in [0, 0.05) is 25.2 Å². The minimum absolute atomic E-state index is 0.525. The average molecular weight is 300 g/mol. The van der Waals surface area contributed by atoms with Crippen molar-refractivity contribution in [2.45, 2.75) is 69.9 Å². The Morgan fingerprint density at radius 2 is 1.65 bits per heavy atom. The molecular formula is C15H28N2O2S. The summed E-state index contributed by atoms with van der Waals surface area (Å²) >= 11 is 0. The number of hydrogen-bond donors (Lipinski definition) is 1. The number of nitrogens with zero attached hydrogens (tertiary/aromatic N) is 1. The Kier molecular flexibility index (Phi) is 4.13. The third-order valence-electron chi connectivity index (χ3n) is 5.88. The maximum atomic E-state index is 11.5. The summed E-state index contributed by atoms with van der Waals surface area (Å²) in [5.41, 5.74) is 0.603. The van der Waals surface area contributed by atoms with Gasteiger partial charge >= 0.3 is 0 Å². The first-order valence-electron chi connectivity index (χ1n) is 8.21. The largest absolute Gasteiger partial charge is 0.311 e. The Hall–Kier alpha value is -0.130. The Bertz CT molecular complexity index is 435. The van der Waals surface area contributed by atoms with Crippen LogP contribution in [0.4, 0.5) is 0 Å². The van der Waals surface area contributed by atoms with Crippen molar-refractivity contribution in [3.05, 3.63) is 0 Å². The van der Waals surface area contributed by atoms with Crippen molar-refractivity contribution in [3.63, 3.8) is 0 Å². The lowest BCUT2D eigenvalue weighted by molar-refractivity contribution is 0.0128. The molecule has 2 aliphatic carbocycles. The Morgan fingerprint density at radius 3 is 2.15 bits per heavy atom. The minimum Gasteiger partial charge on any atom is -0.311 e. The van der Waals surface area contributed by atoms with Gasteiger partial charge in [0.25, 0.3) is 0 Å². The SMILES string of the molecule is CS(=O)(=O)N1CCC(NC2CCC23CCCCC3)CC1. The van der Waals surface area contributed by atoms with Gasteiger partial charge < -0.3 is 5.32 Å². The molecule has 20 heavy (non-hydrogen) atoms. The molecule has 1 unspecified atom stereocenters. The molecule has 0 aromatic heterocycles. The second-order valence-electron chi connectivity index (χ2n) is 7.12. The smallest absolute Gasteiger partial charge is 0.211 e. The van der Waals surface area contributed by atoms with Gasteiger partial charge in [-0.3, -0.25) is 0 Å². The molecule has 4 nitrogen and oxygen atoms in total. The third kappa shape index (κ3) is 2.90.